The van der Waals surface area contributed by atoms with Crippen LogP contribution in [0.1, 0.15) is 69.9 Å². The molecule has 20 nitrogen and oxygen atoms in total. The number of aldehydes is 1. The zero-order chi connectivity index (χ0) is 43.6. The Hall–Kier alpha value is -5.22. The topological polar surface area (TPSA) is 330 Å². The zero-order valence-corrected chi connectivity index (χ0v) is 33.9. The molecule has 1 aromatic carbocycles. The summed E-state index contributed by atoms with van der Waals surface area (Å²) in [6.07, 6.45) is -1.10. The van der Waals surface area contributed by atoms with Crippen molar-refractivity contribution in [2.45, 2.75) is 101 Å². The highest BCUT2D eigenvalue weighted by atomic mass is 32.2. The van der Waals surface area contributed by atoms with Crippen molar-refractivity contribution in [1.29, 1.82) is 0 Å². The van der Waals surface area contributed by atoms with Gasteiger partial charge in [0.05, 0.1) is 25.0 Å². The van der Waals surface area contributed by atoms with Crippen LogP contribution in [0.25, 0.3) is 0 Å². The summed E-state index contributed by atoms with van der Waals surface area (Å²) in [6, 6.07) is 1.97. The summed E-state index contributed by atoms with van der Waals surface area (Å²) in [7, 11) is 0. The molecule has 0 saturated heterocycles. The first-order chi connectivity index (χ1) is 27.4. The van der Waals surface area contributed by atoms with E-state index in [0.717, 1.165) is 11.1 Å². The number of aliphatic carboxylic acids is 3. The van der Waals surface area contributed by atoms with E-state index in [1.54, 1.807) is 6.92 Å². The predicted molar refractivity (Wildman–Crippen MR) is 213 cm³/mol. The number of rotatable bonds is 30. The van der Waals surface area contributed by atoms with Gasteiger partial charge in [-0.3, -0.25) is 43.2 Å². The molecule has 22 heteroatoms. The number of benzene rings is 1. The van der Waals surface area contributed by atoms with Gasteiger partial charge in [-0.1, -0.05) is 31.2 Å². The summed E-state index contributed by atoms with van der Waals surface area (Å²) in [5, 5.41) is 41.6. The summed E-state index contributed by atoms with van der Waals surface area (Å²) in [5.41, 5.74) is 7.59. The lowest BCUT2D eigenvalue weighted by atomic mass is 10.1. The van der Waals surface area contributed by atoms with Crippen LogP contribution in [-0.4, -0.2) is 130 Å². The van der Waals surface area contributed by atoms with E-state index in [2.05, 4.69) is 31.9 Å². The molecule has 0 aliphatic carbocycles. The van der Waals surface area contributed by atoms with Crippen LogP contribution in [0.2, 0.25) is 0 Å². The number of amides is 6. The lowest BCUT2D eigenvalue weighted by Crippen LogP contribution is -2.54. The largest absolute Gasteiger partial charge is 0.481 e. The normalized spacial score (nSPS) is 13.3. The van der Waals surface area contributed by atoms with Crippen molar-refractivity contribution in [2.75, 3.05) is 24.6 Å². The molecule has 1 rings (SSSR count). The molecule has 6 amide bonds. The van der Waals surface area contributed by atoms with E-state index < -0.39 is 96.5 Å². The Morgan fingerprint density at radius 1 is 0.707 bits per heavy atom. The summed E-state index contributed by atoms with van der Waals surface area (Å²) in [5.74, 6) is -5.76. The number of carboxylic acids is 3. The van der Waals surface area contributed by atoms with Crippen LogP contribution in [0.3, 0.4) is 0 Å². The Morgan fingerprint density at radius 3 is 1.90 bits per heavy atom. The Morgan fingerprint density at radius 2 is 1.31 bits per heavy atom. The van der Waals surface area contributed by atoms with Crippen molar-refractivity contribution in [1.82, 2.24) is 31.9 Å². The van der Waals surface area contributed by atoms with Gasteiger partial charge in [-0.2, -0.15) is 23.5 Å². The lowest BCUT2D eigenvalue weighted by molar-refractivity contribution is -0.141. The second kappa shape index (κ2) is 28.2. The molecular formula is C36H53N7O13S2. The van der Waals surface area contributed by atoms with E-state index >= 15 is 0 Å². The molecule has 11 N–H and O–H groups in total. The second-order valence-electron chi connectivity index (χ2n) is 12.9. The molecule has 0 radical (unpaired) electrons. The molecule has 0 aliphatic heterocycles. The lowest BCUT2D eigenvalue weighted by Gasteiger charge is -2.21. The van der Waals surface area contributed by atoms with Gasteiger partial charge in [-0.25, -0.2) is 0 Å². The maximum Gasteiger partial charge on any atom is 0.305 e. The number of carbonyl (C=O) groups excluding carboxylic acids is 7. The number of nitrogens with one attached hydrogen (secondary N) is 6. The standard InChI is InChI=1S/C36H53N7O13S2/c1-3-25(37)34(54)39-17-29(46)42-26(8-10-31(49)50)35(55)38-12-14-58-20-23-6-4-5-22(15-23)19-57-13-11-28(45)43-27(16-32(51)52)36(56)40-21(2)33(53)41-24(18-44)7-9-30(47)48/h4-6,15,18,21,24-27H,3,7-14,16-17,19-20,37H2,1-2H3,(H,38,55)(H,39,54)(H,40,56)(H,41,53)(H,42,46)(H,43,45)(H,47,48)(H,49,50)(H,51,52)/t21-,24-,25-,26-,27-/m0/s1. The van der Waals surface area contributed by atoms with Gasteiger partial charge in [0.1, 0.15) is 24.4 Å². The summed E-state index contributed by atoms with van der Waals surface area (Å²) >= 11 is 2.96. The van der Waals surface area contributed by atoms with Gasteiger partial charge in [0, 0.05) is 48.8 Å². The molecule has 0 aliphatic rings. The molecule has 0 unspecified atom stereocenters. The molecule has 0 heterocycles. The average Bonchev–Trinajstić information content (AvgIpc) is 3.17. The Labute approximate surface area is 343 Å². The van der Waals surface area contributed by atoms with Crippen LogP contribution in [0.15, 0.2) is 24.3 Å². The van der Waals surface area contributed by atoms with E-state index in [1.165, 1.54) is 30.4 Å². The summed E-state index contributed by atoms with van der Waals surface area (Å²) in [6.45, 7) is 2.81. The fourth-order valence-corrected chi connectivity index (χ4v) is 6.48. The summed E-state index contributed by atoms with van der Waals surface area (Å²) in [4.78, 5) is 119. The van der Waals surface area contributed by atoms with E-state index in [-0.39, 0.29) is 38.6 Å². The first-order valence-electron chi connectivity index (χ1n) is 18.3. The first-order valence-corrected chi connectivity index (χ1v) is 20.6. The molecule has 0 bridgehead atoms. The Kier molecular flexibility index (Phi) is 24.7. The van der Waals surface area contributed by atoms with Gasteiger partial charge in [0.25, 0.3) is 0 Å². The van der Waals surface area contributed by atoms with Crippen molar-refractivity contribution in [2.24, 2.45) is 5.73 Å². The first kappa shape index (κ1) is 50.8. The monoisotopic (exact) mass is 855 g/mol. The molecule has 0 fully saturated rings. The van der Waals surface area contributed by atoms with Crippen molar-refractivity contribution in [3.63, 3.8) is 0 Å². The zero-order valence-electron chi connectivity index (χ0n) is 32.3. The van der Waals surface area contributed by atoms with Crippen LogP contribution < -0.4 is 37.6 Å². The third-order valence-corrected chi connectivity index (χ3v) is 10.1. The smallest absolute Gasteiger partial charge is 0.305 e. The molecule has 322 valence electrons. The Bertz CT molecular complexity index is 1600. The minimum Gasteiger partial charge on any atom is -0.481 e. The van der Waals surface area contributed by atoms with Crippen LogP contribution >= 0.6 is 23.5 Å². The van der Waals surface area contributed by atoms with E-state index in [4.69, 9.17) is 15.9 Å². The second-order valence-corrected chi connectivity index (χ2v) is 15.1. The number of thioether (sulfide) groups is 2. The van der Waals surface area contributed by atoms with E-state index in [9.17, 15) is 53.1 Å². The third kappa shape index (κ3) is 22.5. The highest BCUT2D eigenvalue weighted by Gasteiger charge is 2.28. The van der Waals surface area contributed by atoms with Gasteiger partial charge in [0.2, 0.25) is 35.4 Å². The van der Waals surface area contributed by atoms with Gasteiger partial charge < -0.3 is 57.7 Å². The van der Waals surface area contributed by atoms with Crippen molar-refractivity contribution in [3.05, 3.63) is 35.4 Å². The molecular weight excluding hydrogens is 803 g/mol. The van der Waals surface area contributed by atoms with Crippen LogP contribution in [0.5, 0.6) is 0 Å². The molecule has 0 spiro atoms. The number of hydrogen-bond acceptors (Lipinski definition) is 13. The molecule has 0 aromatic heterocycles. The molecule has 5 atom stereocenters. The van der Waals surface area contributed by atoms with Crippen LogP contribution in [0, 0.1) is 0 Å². The number of carboxylic acid groups (broad SMARTS) is 3. The molecule has 58 heavy (non-hydrogen) atoms. The summed E-state index contributed by atoms with van der Waals surface area (Å²) < 4.78 is 0. The van der Waals surface area contributed by atoms with Gasteiger partial charge in [-0.05, 0) is 37.3 Å². The number of nitrogens with two attached hydrogens (primary N) is 1. The maximum atomic E-state index is 12.8. The SMILES string of the molecule is CC[C@H](N)C(=O)NCC(=O)N[C@@H](CCC(=O)O)C(=O)NCCSCc1cccc(CSCCC(=O)N[C@@H](CC(=O)O)C(=O)N[C@@H](C)C(=O)N[C@H](C=O)CCC(=O)O)c1. The minimum atomic E-state index is -1.49. The van der Waals surface area contributed by atoms with E-state index in [0.29, 0.717) is 35.7 Å². The van der Waals surface area contributed by atoms with Gasteiger partial charge in [-0.15, -0.1) is 0 Å². The highest BCUT2D eigenvalue weighted by molar-refractivity contribution is 7.98. The Balaban J connectivity index is 2.54. The third-order valence-electron chi connectivity index (χ3n) is 7.99. The van der Waals surface area contributed by atoms with E-state index in [1.807, 2.05) is 24.3 Å². The van der Waals surface area contributed by atoms with Gasteiger partial charge >= 0.3 is 17.9 Å². The molecule has 1 aromatic rings. The van der Waals surface area contributed by atoms with Crippen LogP contribution in [-0.2, 0) is 59.5 Å². The number of carbonyl (C=O) groups is 10. The fraction of sp³-hybridized carbons (Fsp3) is 0.556. The van der Waals surface area contributed by atoms with Crippen molar-refractivity contribution >= 4 is 83.2 Å². The van der Waals surface area contributed by atoms with Crippen molar-refractivity contribution in [3.8, 4) is 0 Å². The molecule has 0 saturated carbocycles. The minimum absolute atomic E-state index is 0.0406. The van der Waals surface area contributed by atoms with Crippen molar-refractivity contribution < 1.29 is 63.3 Å². The maximum absolute atomic E-state index is 12.8. The predicted octanol–water partition coefficient (Wildman–Crippen LogP) is -1.12. The quantitative estimate of drug-likeness (QED) is 0.0323. The average molecular weight is 856 g/mol. The van der Waals surface area contributed by atoms with Crippen LogP contribution in [0.4, 0.5) is 0 Å². The fourth-order valence-electron chi connectivity index (χ4n) is 4.78. The van der Waals surface area contributed by atoms with Gasteiger partial charge in [0.15, 0.2) is 0 Å². The number of hydrogen-bond donors (Lipinski definition) is 10. The highest BCUT2D eigenvalue weighted by Crippen LogP contribution is 2.18.